The SMILES string of the molecule is C(#Cc1ccc2c(c1)OCOc1cc(C#Cc3cc(-c4ccccn4)nc(-c4ccccn4)c3)ccc1-2)c1cc(-c2ccccn2)nc(-c2ccccn2)c1. The van der Waals surface area contributed by atoms with Crippen LogP contribution in [0.3, 0.4) is 0 Å². The van der Waals surface area contributed by atoms with E-state index in [1.807, 2.05) is 133 Å². The Morgan fingerprint density at radius 3 is 1.02 bits per heavy atom. The van der Waals surface area contributed by atoms with Crippen molar-refractivity contribution in [3.05, 3.63) is 181 Å². The molecule has 55 heavy (non-hydrogen) atoms. The molecule has 1 aliphatic rings. The summed E-state index contributed by atoms with van der Waals surface area (Å²) in [5.74, 6) is 14.6. The largest absolute Gasteiger partial charge is 0.457 e. The third kappa shape index (κ3) is 7.38. The number of ether oxygens (including phenoxy) is 2. The normalized spacial score (nSPS) is 11.2. The van der Waals surface area contributed by atoms with Gasteiger partial charge in [-0.2, -0.15) is 0 Å². The quantitative estimate of drug-likeness (QED) is 0.167. The Kier molecular flexibility index (Phi) is 8.96. The average molecular weight is 709 g/mol. The van der Waals surface area contributed by atoms with Gasteiger partial charge in [0.25, 0.3) is 0 Å². The molecule has 0 aliphatic carbocycles. The second kappa shape index (κ2) is 15.0. The highest BCUT2D eigenvalue weighted by Gasteiger charge is 2.17. The van der Waals surface area contributed by atoms with Crippen molar-refractivity contribution < 1.29 is 9.47 Å². The maximum Gasteiger partial charge on any atom is 0.230 e. The van der Waals surface area contributed by atoms with E-state index in [1.54, 1.807) is 24.8 Å². The fraction of sp³-hybridized carbons (Fsp3) is 0.0213. The highest BCUT2D eigenvalue weighted by atomic mass is 16.7. The average Bonchev–Trinajstić information content (AvgIpc) is 3.44. The number of rotatable bonds is 4. The van der Waals surface area contributed by atoms with E-state index in [9.17, 15) is 0 Å². The van der Waals surface area contributed by atoms with Crippen LogP contribution >= 0.6 is 0 Å². The van der Waals surface area contributed by atoms with Gasteiger partial charge in [0.05, 0.1) is 45.6 Å². The zero-order chi connectivity index (χ0) is 36.8. The molecule has 8 heteroatoms. The molecule has 0 atom stereocenters. The number of aromatic nitrogens is 6. The van der Waals surface area contributed by atoms with Crippen molar-refractivity contribution in [2.75, 3.05) is 6.79 Å². The minimum atomic E-state index is 0.0458. The van der Waals surface area contributed by atoms with Crippen LogP contribution in [0, 0.1) is 23.7 Å². The van der Waals surface area contributed by atoms with Gasteiger partial charge in [-0.3, -0.25) is 19.9 Å². The molecule has 2 aromatic carbocycles. The first-order chi connectivity index (χ1) is 27.2. The number of nitrogens with zero attached hydrogens (tertiary/aromatic N) is 6. The molecule has 9 rings (SSSR count). The Morgan fingerprint density at radius 2 is 0.691 bits per heavy atom. The molecule has 8 aromatic rings. The summed E-state index contributed by atoms with van der Waals surface area (Å²) in [7, 11) is 0. The van der Waals surface area contributed by atoms with Gasteiger partial charge in [-0.25, -0.2) is 9.97 Å². The highest BCUT2D eigenvalue weighted by Crippen LogP contribution is 2.40. The van der Waals surface area contributed by atoms with Crippen LogP contribution in [0.25, 0.3) is 56.7 Å². The second-order valence-electron chi connectivity index (χ2n) is 12.4. The third-order valence-corrected chi connectivity index (χ3v) is 8.74. The Balaban J connectivity index is 1.01. The lowest BCUT2D eigenvalue weighted by molar-refractivity contribution is 0.125. The summed E-state index contributed by atoms with van der Waals surface area (Å²) in [6.07, 6.45) is 7.01. The standard InChI is InChI=1S/C47H28N6O2/c1-5-21-48-38(9-1)42-25-34(26-43(52-42)39-10-2-6-22-49-39)15-13-32-17-19-36-37-20-18-33(30-47(37)55-31-54-46(36)29-32)14-16-35-27-44(40-11-3-7-23-50-40)53-45(28-35)41-12-4-8-24-51-41/h1-12,17-30H,31H2. The Morgan fingerprint density at radius 1 is 0.345 bits per heavy atom. The molecule has 0 fully saturated rings. The molecule has 8 nitrogen and oxygen atoms in total. The molecule has 0 unspecified atom stereocenters. The van der Waals surface area contributed by atoms with Crippen molar-refractivity contribution in [1.29, 1.82) is 0 Å². The molecule has 0 saturated carbocycles. The van der Waals surface area contributed by atoms with Crippen molar-refractivity contribution in [1.82, 2.24) is 29.9 Å². The predicted molar refractivity (Wildman–Crippen MR) is 211 cm³/mol. The van der Waals surface area contributed by atoms with E-state index in [-0.39, 0.29) is 6.79 Å². The summed E-state index contributed by atoms with van der Waals surface area (Å²) in [5, 5.41) is 0. The molecule has 7 heterocycles. The Labute approximate surface area is 317 Å². The van der Waals surface area contributed by atoms with Crippen molar-refractivity contribution in [2.45, 2.75) is 0 Å². The molecule has 0 saturated heterocycles. The van der Waals surface area contributed by atoms with E-state index >= 15 is 0 Å². The van der Waals surface area contributed by atoms with E-state index in [2.05, 4.69) is 43.6 Å². The fourth-order valence-corrected chi connectivity index (χ4v) is 6.12. The van der Waals surface area contributed by atoms with Crippen LogP contribution in [-0.4, -0.2) is 36.7 Å². The number of fused-ring (bicyclic) bond motifs is 3. The number of hydrogen-bond donors (Lipinski definition) is 0. The van der Waals surface area contributed by atoms with E-state index in [0.717, 1.165) is 78.9 Å². The molecular formula is C47H28N6O2. The third-order valence-electron chi connectivity index (χ3n) is 8.74. The topological polar surface area (TPSA) is 95.8 Å². The molecule has 1 aliphatic heterocycles. The van der Waals surface area contributed by atoms with Gasteiger partial charge in [-0.15, -0.1) is 0 Å². The molecule has 0 bridgehead atoms. The zero-order valence-electron chi connectivity index (χ0n) is 29.2. The first-order valence-electron chi connectivity index (χ1n) is 17.5. The summed E-state index contributed by atoms with van der Waals surface area (Å²) in [6.45, 7) is 0.0458. The van der Waals surface area contributed by atoms with Crippen LogP contribution in [0.4, 0.5) is 0 Å². The van der Waals surface area contributed by atoms with Gasteiger partial charge in [-0.1, -0.05) is 47.9 Å². The van der Waals surface area contributed by atoms with Crippen molar-refractivity contribution in [3.63, 3.8) is 0 Å². The van der Waals surface area contributed by atoms with E-state index in [4.69, 9.17) is 19.4 Å². The summed E-state index contributed by atoms with van der Waals surface area (Å²) in [4.78, 5) is 27.7. The molecule has 0 spiro atoms. The number of benzene rings is 2. The van der Waals surface area contributed by atoms with Crippen molar-refractivity contribution in [3.8, 4) is 91.9 Å². The summed E-state index contributed by atoms with van der Waals surface area (Å²) in [6, 6.07) is 42.7. The highest BCUT2D eigenvalue weighted by molar-refractivity contribution is 5.78. The van der Waals surface area contributed by atoms with Gasteiger partial charge in [0.1, 0.15) is 11.5 Å². The molecule has 258 valence electrons. The van der Waals surface area contributed by atoms with Gasteiger partial charge in [0, 0.05) is 58.2 Å². The van der Waals surface area contributed by atoms with Crippen molar-refractivity contribution >= 4 is 0 Å². The number of hydrogen-bond acceptors (Lipinski definition) is 8. The molecule has 6 aromatic heterocycles. The second-order valence-corrected chi connectivity index (χ2v) is 12.4. The van der Waals surface area contributed by atoms with Gasteiger partial charge < -0.3 is 9.47 Å². The van der Waals surface area contributed by atoms with Gasteiger partial charge >= 0.3 is 0 Å². The summed E-state index contributed by atoms with van der Waals surface area (Å²) < 4.78 is 12.2. The van der Waals surface area contributed by atoms with Crippen LogP contribution in [0.2, 0.25) is 0 Å². The molecule has 0 radical (unpaired) electrons. The Hall–Kier alpha value is -7.94. The van der Waals surface area contributed by atoms with Gasteiger partial charge in [0.2, 0.25) is 6.79 Å². The minimum absolute atomic E-state index is 0.0458. The monoisotopic (exact) mass is 708 g/mol. The summed E-state index contributed by atoms with van der Waals surface area (Å²) in [5.41, 5.74) is 10.9. The molecule has 0 amide bonds. The smallest absolute Gasteiger partial charge is 0.230 e. The maximum absolute atomic E-state index is 6.09. The van der Waals surface area contributed by atoms with E-state index < -0.39 is 0 Å². The van der Waals surface area contributed by atoms with Gasteiger partial charge in [0.15, 0.2) is 0 Å². The fourth-order valence-electron chi connectivity index (χ4n) is 6.12. The van der Waals surface area contributed by atoms with Crippen LogP contribution in [0.1, 0.15) is 22.3 Å². The van der Waals surface area contributed by atoms with Gasteiger partial charge in [-0.05, 0) is 109 Å². The van der Waals surface area contributed by atoms with Crippen molar-refractivity contribution in [2.24, 2.45) is 0 Å². The lowest BCUT2D eigenvalue weighted by Crippen LogP contribution is -2.03. The lowest BCUT2D eigenvalue weighted by Gasteiger charge is -2.08. The Bertz CT molecular complexity index is 2480. The van der Waals surface area contributed by atoms with Crippen LogP contribution < -0.4 is 9.47 Å². The summed E-state index contributed by atoms with van der Waals surface area (Å²) >= 11 is 0. The minimum Gasteiger partial charge on any atom is -0.457 e. The van der Waals surface area contributed by atoms with Crippen LogP contribution in [0.5, 0.6) is 11.5 Å². The zero-order valence-corrected chi connectivity index (χ0v) is 29.2. The molecular weight excluding hydrogens is 681 g/mol. The van der Waals surface area contributed by atoms with E-state index in [0.29, 0.717) is 11.5 Å². The first-order valence-corrected chi connectivity index (χ1v) is 17.5. The molecule has 0 N–H and O–H groups in total. The first kappa shape index (κ1) is 32.9. The van der Waals surface area contributed by atoms with Crippen LogP contribution in [0.15, 0.2) is 158 Å². The maximum atomic E-state index is 6.09. The number of pyridine rings is 6. The van der Waals surface area contributed by atoms with Crippen LogP contribution in [-0.2, 0) is 0 Å². The lowest BCUT2D eigenvalue weighted by atomic mass is 10.00. The predicted octanol–water partition coefficient (Wildman–Crippen LogP) is 8.92. The van der Waals surface area contributed by atoms with E-state index in [1.165, 1.54) is 0 Å².